The number of amides is 3. The Hall–Kier alpha value is -3.13. The van der Waals surface area contributed by atoms with Crippen molar-refractivity contribution in [3.8, 4) is 0 Å². The standard InChI is InChI=1S/C24H31N3O5/c1-3-25(4-2)23(29)18-32-21-14-26(12-10-19-8-6-5-7-9-19)22(28)16-27(15-21)24(30)20-11-13-31-17-20/h5-9,11,13,17,21H,3-4,10,12,14-16,18H2,1-2H3/t21-/m1/s1. The van der Waals surface area contributed by atoms with Gasteiger partial charge in [0.15, 0.2) is 0 Å². The zero-order valence-corrected chi connectivity index (χ0v) is 18.7. The highest BCUT2D eigenvalue weighted by Gasteiger charge is 2.32. The fourth-order valence-electron chi connectivity index (χ4n) is 3.79. The Kier molecular flexibility index (Phi) is 8.44. The molecule has 0 saturated carbocycles. The molecule has 1 aromatic heterocycles. The second-order valence-electron chi connectivity index (χ2n) is 7.77. The third-order valence-electron chi connectivity index (χ3n) is 5.65. The predicted octanol–water partition coefficient (Wildman–Crippen LogP) is 2.06. The van der Waals surface area contributed by atoms with Gasteiger partial charge in [-0.3, -0.25) is 14.4 Å². The van der Waals surface area contributed by atoms with Crippen LogP contribution in [0, 0.1) is 0 Å². The minimum Gasteiger partial charge on any atom is -0.472 e. The monoisotopic (exact) mass is 441 g/mol. The number of carbonyl (C=O) groups is 3. The summed E-state index contributed by atoms with van der Waals surface area (Å²) in [7, 11) is 0. The van der Waals surface area contributed by atoms with Crippen LogP contribution >= 0.6 is 0 Å². The average molecular weight is 442 g/mol. The van der Waals surface area contributed by atoms with E-state index in [4.69, 9.17) is 9.15 Å². The molecule has 0 radical (unpaired) electrons. The quantitative estimate of drug-likeness (QED) is 0.595. The van der Waals surface area contributed by atoms with E-state index in [0.29, 0.717) is 38.2 Å². The minimum atomic E-state index is -0.465. The molecule has 1 aliphatic rings. The summed E-state index contributed by atoms with van der Waals surface area (Å²) in [6.45, 7) is 6.00. The number of ether oxygens (including phenoxy) is 1. The topological polar surface area (TPSA) is 83.3 Å². The highest BCUT2D eigenvalue weighted by Crippen LogP contribution is 2.14. The Morgan fingerprint density at radius 1 is 1.12 bits per heavy atom. The van der Waals surface area contributed by atoms with Crippen molar-refractivity contribution >= 4 is 17.7 Å². The molecule has 3 rings (SSSR count). The molecule has 1 saturated heterocycles. The van der Waals surface area contributed by atoms with Gasteiger partial charge in [0.1, 0.15) is 19.4 Å². The number of hydrogen-bond acceptors (Lipinski definition) is 5. The predicted molar refractivity (Wildman–Crippen MR) is 119 cm³/mol. The third kappa shape index (κ3) is 6.20. The first-order valence-corrected chi connectivity index (χ1v) is 11.0. The van der Waals surface area contributed by atoms with Crippen LogP contribution in [-0.2, 0) is 20.7 Å². The summed E-state index contributed by atoms with van der Waals surface area (Å²) in [6.07, 6.45) is 3.03. The second kappa shape index (κ2) is 11.5. The first-order chi connectivity index (χ1) is 15.5. The van der Waals surface area contributed by atoms with Gasteiger partial charge in [-0.2, -0.15) is 0 Å². The van der Waals surface area contributed by atoms with Crippen LogP contribution in [0.25, 0.3) is 0 Å². The van der Waals surface area contributed by atoms with Gasteiger partial charge in [0.2, 0.25) is 11.8 Å². The first kappa shape index (κ1) is 23.5. The van der Waals surface area contributed by atoms with Gasteiger partial charge in [-0.05, 0) is 31.9 Å². The smallest absolute Gasteiger partial charge is 0.257 e. The molecular formula is C24H31N3O5. The van der Waals surface area contributed by atoms with Gasteiger partial charge in [-0.25, -0.2) is 0 Å². The van der Waals surface area contributed by atoms with E-state index in [0.717, 1.165) is 5.56 Å². The lowest BCUT2D eigenvalue weighted by molar-refractivity contribution is -0.138. The van der Waals surface area contributed by atoms with E-state index in [2.05, 4.69) is 0 Å². The molecule has 1 atom stereocenters. The van der Waals surface area contributed by atoms with E-state index in [9.17, 15) is 14.4 Å². The van der Waals surface area contributed by atoms with E-state index in [1.54, 1.807) is 15.9 Å². The van der Waals surface area contributed by atoms with Crippen molar-refractivity contribution in [3.05, 3.63) is 60.1 Å². The number of likely N-dealkylation sites (N-methyl/N-ethyl adjacent to an activating group) is 1. The molecule has 2 aromatic rings. The summed E-state index contributed by atoms with van der Waals surface area (Å²) in [6, 6.07) is 11.5. The average Bonchev–Trinajstić information content (AvgIpc) is 3.29. The first-order valence-electron chi connectivity index (χ1n) is 11.0. The van der Waals surface area contributed by atoms with Crippen LogP contribution in [0.2, 0.25) is 0 Å². The molecule has 0 spiro atoms. The summed E-state index contributed by atoms with van der Waals surface area (Å²) < 4.78 is 11.0. The van der Waals surface area contributed by atoms with Crippen LogP contribution in [0.15, 0.2) is 53.3 Å². The molecule has 0 aliphatic carbocycles. The van der Waals surface area contributed by atoms with Crippen molar-refractivity contribution in [2.45, 2.75) is 26.4 Å². The highest BCUT2D eigenvalue weighted by molar-refractivity contribution is 5.96. The number of rotatable bonds is 9. The maximum atomic E-state index is 13.0. The van der Waals surface area contributed by atoms with Crippen molar-refractivity contribution in [3.63, 3.8) is 0 Å². The van der Waals surface area contributed by atoms with Crippen LogP contribution in [0.1, 0.15) is 29.8 Å². The van der Waals surface area contributed by atoms with Gasteiger partial charge in [0.25, 0.3) is 5.91 Å². The summed E-state index contributed by atoms with van der Waals surface area (Å²) in [5.41, 5.74) is 1.51. The molecule has 0 N–H and O–H groups in total. The molecule has 8 heteroatoms. The molecule has 0 bridgehead atoms. The Labute approximate surface area is 188 Å². The van der Waals surface area contributed by atoms with Gasteiger partial charge in [-0.1, -0.05) is 30.3 Å². The molecule has 1 aliphatic heterocycles. The zero-order valence-electron chi connectivity index (χ0n) is 18.7. The van der Waals surface area contributed by atoms with Crippen molar-refractivity contribution in [1.82, 2.24) is 14.7 Å². The maximum absolute atomic E-state index is 13.0. The van der Waals surface area contributed by atoms with Crippen LogP contribution in [-0.4, -0.2) is 84.4 Å². The molecule has 1 aromatic carbocycles. The minimum absolute atomic E-state index is 0.0390. The zero-order chi connectivity index (χ0) is 22.9. The van der Waals surface area contributed by atoms with Gasteiger partial charge >= 0.3 is 0 Å². The Balaban J connectivity index is 1.71. The molecule has 8 nitrogen and oxygen atoms in total. The molecule has 0 unspecified atom stereocenters. The number of furan rings is 1. The van der Waals surface area contributed by atoms with Gasteiger partial charge < -0.3 is 23.9 Å². The van der Waals surface area contributed by atoms with Crippen molar-refractivity contribution < 1.29 is 23.5 Å². The number of nitrogens with zero attached hydrogens (tertiary/aromatic N) is 3. The third-order valence-corrected chi connectivity index (χ3v) is 5.65. The summed E-state index contributed by atoms with van der Waals surface area (Å²) in [5, 5.41) is 0. The van der Waals surface area contributed by atoms with E-state index in [1.165, 1.54) is 17.4 Å². The van der Waals surface area contributed by atoms with Gasteiger partial charge in [0, 0.05) is 32.7 Å². The number of carbonyl (C=O) groups excluding carboxylic acids is 3. The number of benzene rings is 1. The molecule has 1 fully saturated rings. The Bertz CT molecular complexity index is 880. The molecule has 32 heavy (non-hydrogen) atoms. The van der Waals surface area contributed by atoms with Crippen molar-refractivity contribution in [1.29, 1.82) is 0 Å². The Morgan fingerprint density at radius 2 is 1.88 bits per heavy atom. The highest BCUT2D eigenvalue weighted by atomic mass is 16.5. The summed E-state index contributed by atoms with van der Waals surface area (Å²) >= 11 is 0. The van der Waals surface area contributed by atoms with E-state index in [-0.39, 0.29) is 37.4 Å². The lowest BCUT2D eigenvalue weighted by Gasteiger charge is -2.26. The van der Waals surface area contributed by atoms with Gasteiger partial charge in [0.05, 0.1) is 17.9 Å². The van der Waals surface area contributed by atoms with E-state index in [1.807, 2.05) is 44.2 Å². The lowest BCUT2D eigenvalue weighted by atomic mass is 10.1. The van der Waals surface area contributed by atoms with Crippen LogP contribution in [0.4, 0.5) is 0 Å². The second-order valence-corrected chi connectivity index (χ2v) is 7.77. The van der Waals surface area contributed by atoms with Crippen LogP contribution in [0.5, 0.6) is 0 Å². The fraction of sp³-hybridized carbons (Fsp3) is 0.458. The lowest BCUT2D eigenvalue weighted by Crippen LogP contribution is -2.41. The maximum Gasteiger partial charge on any atom is 0.257 e. The van der Waals surface area contributed by atoms with Crippen LogP contribution < -0.4 is 0 Å². The van der Waals surface area contributed by atoms with Crippen LogP contribution in [0.3, 0.4) is 0 Å². The fourth-order valence-corrected chi connectivity index (χ4v) is 3.79. The number of hydrogen-bond donors (Lipinski definition) is 0. The summed E-state index contributed by atoms with van der Waals surface area (Å²) in [4.78, 5) is 43.2. The molecular weight excluding hydrogens is 410 g/mol. The molecule has 2 heterocycles. The molecule has 3 amide bonds. The SMILES string of the molecule is CCN(CC)C(=O)CO[C@@H]1CN(CCc2ccccc2)C(=O)CN(C(=O)c2ccoc2)C1. The van der Waals surface area contributed by atoms with Gasteiger partial charge in [-0.15, -0.1) is 0 Å². The largest absolute Gasteiger partial charge is 0.472 e. The van der Waals surface area contributed by atoms with Crippen molar-refractivity contribution in [2.24, 2.45) is 0 Å². The Morgan fingerprint density at radius 3 is 2.53 bits per heavy atom. The summed E-state index contributed by atoms with van der Waals surface area (Å²) in [5.74, 6) is -0.534. The normalized spacial score (nSPS) is 16.7. The van der Waals surface area contributed by atoms with Crippen molar-refractivity contribution in [2.75, 3.05) is 45.9 Å². The van der Waals surface area contributed by atoms with E-state index < -0.39 is 6.10 Å². The molecule has 172 valence electrons. The van der Waals surface area contributed by atoms with E-state index >= 15 is 0 Å².